The summed E-state index contributed by atoms with van der Waals surface area (Å²) in [5.41, 5.74) is 3.01. The molecule has 1 aromatic heterocycles. The number of fused-ring (bicyclic) bond motifs is 1. The summed E-state index contributed by atoms with van der Waals surface area (Å²) in [5, 5.41) is 0. The van der Waals surface area contributed by atoms with E-state index in [1.807, 2.05) is 78.6 Å². The van der Waals surface area contributed by atoms with Crippen LogP contribution in [0.2, 0.25) is 0 Å². The number of ether oxygens (including phenoxy) is 2. The van der Waals surface area contributed by atoms with E-state index in [4.69, 9.17) is 14.5 Å². The molecule has 6 nitrogen and oxygen atoms in total. The number of unbranched alkanes of at least 4 members (excludes halogenated alkanes) is 1. The molecule has 0 bridgehead atoms. The highest BCUT2D eigenvalue weighted by molar-refractivity contribution is 9.10. The number of hydrogen-bond donors (Lipinski definition) is 0. The average molecular weight is 548 g/mol. The van der Waals surface area contributed by atoms with E-state index in [0.29, 0.717) is 26.2 Å². The Kier molecular flexibility index (Phi) is 7.56. The first-order chi connectivity index (χ1) is 17.6. The molecule has 0 spiro atoms. The Hall–Kier alpha value is -3.32. The first kappa shape index (κ1) is 24.4. The molecule has 186 valence electrons. The summed E-state index contributed by atoms with van der Waals surface area (Å²) in [6.45, 7) is 4.66. The van der Waals surface area contributed by atoms with E-state index in [0.717, 1.165) is 57.9 Å². The van der Waals surface area contributed by atoms with Crippen molar-refractivity contribution >= 4 is 38.6 Å². The third-order valence-corrected chi connectivity index (χ3v) is 6.97. The smallest absolute Gasteiger partial charge is 0.227 e. The average Bonchev–Trinajstić information content (AvgIpc) is 3.45. The summed E-state index contributed by atoms with van der Waals surface area (Å²) >= 11 is 3.52. The topological polar surface area (TPSA) is 56.6 Å². The number of anilines is 1. The fraction of sp³-hybridized carbons (Fsp3) is 0.310. The first-order valence-electron chi connectivity index (χ1n) is 12.5. The van der Waals surface area contributed by atoms with Gasteiger partial charge in [-0.05, 0) is 62.2 Å². The molecule has 5 rings (SSSR count). The molecule has 0 saturated carbocycles. The number of carbonyl (C=O) groups excluding carboxylic acids is 1. The van der Waals surface area contributed by atoms with Gasteiger partial charge in [-0.1, -0.05) is 46.3 Å². The lowest BCUT2D eigenvalue weighted by Gasteiger charge is -2.18. The van der Waals surface area contributed by atoms with Crippen molar-refractivity contribution in [1.29, 1.82) is 0 Å². The third-order valence-electron chi connectivity index (χ3n) is 6.48. The zero-order valence-corrected chi connectivity index (χ0v) is 22.0. The first-order valence-corrected chi connectivity index (χ1v) is 13.3. The molecule has 1 aliphatic rings. The van der Waals surface area contributed by atoms with Crippen molar-refractivity contribution in [1.82, 2.24) is 9.55 Å². The van der Waals surface area contributed by atoms with Crippen molar-refractivity contribution in [2.45, 2.75) is 38.6 Å². The van der Waals surface area contributed by atoms with Crippen molar-refractivity contribution in [3.63, 3.8) is 0 Å². The van der Waals surface area contributed by atoms with E-state index in [-0.39, 0.29) is 11.8 Å². The van der Waals surface area contributed by atoms with E-state index in [1.54, 1.807) is 0 Å². The standard InChI is InChI=1S/C29H30BrN3O3/c1-2-35-26-14-5-6-15-27(26)36-17-8-7-16-32-25-13-4-3-12-24(25)31-29(32)21-18-28(34)33(20-21)23-11-9-10-22(30)19-23/h3-6,9-15,19,21H,2,7-8,16-18,20H2,1H3. The Balaban J connectivity index is 1.28. The minimum absolute atomic E-state index is 0.0539. The number of carbonyl (C=O) groups is 1. The molecule has 1 atom stereocenters. The number of aromatic nitrogens is 2. The van der Waals surface area contributed by atoms with Crippen molar-refractivity contribution in [2.75, 3.05) is 24.7 Å². The number of amides is 1. The van der Waals surface area contributed by atoms with Crippen LogP contribution >= 0.6 is 15.9 Å². The second-order valence-corrected chi connectivity index (χ2v) is 9.85. The van der Waals surface area contributed by atoms with Crippen LogP contribution in [0.5, 0.6) is 11.5 Å². The maximum absolute atomic E-state index is 13.0. The second-order valence-electron chi connectivity index (χ2n) is 8.93. The normalized spacial score (nSPS) is 15.6. The van der Waals surface area contributed by atoms with E-state index in [9.17, 15) is 4.79 Å². The number of para-hydroxylation sites is 4. The van der Waals surface area contributed by atoms with E-state index < -0.39 is 0 Å². The van der Waals surface area contributed by atoms with Gasteiger partial charge in [-0.25, -0.2) is 4.98 Å². The van der Waals surface area contributed by atoms with Crippen LogP contribution < -0.4 is 14.4 Å². The maximum Gasteiger partial charge on any atom is 0.227 e. The van der Waals surface area contributed by atoms with Gasteiger partial charge in [0.15, 0.2) is 11.5 Å². The molecule has 4 aromatic rings. The Morgan fingerprint density at radius 2 is 1.75 bits per heavy atom. The van der Waals surface area contributed by atoms with Crippen LogP contribution in [0.25, 0.3) is 11.0 Å². The number of aryl methyl sites for hydroxylation is 1. The van der Waals surface area contributed by atoms with Gasteiger partial charge in [-0.15, -0.1) is 0 Å². The Morgan fingerprint density at radius 3 is 2.56 bits per heavy atom. The number of halogens is 1. The zero-order chi connectivity index (χ0) is 24.9. The van der Waals surface area contributed by atoms with Crippen LogP contribution in [0.1, 0.15) is 37.9 Å². The van der Waals surface area contributed by atoms with Gasteiger partial charge in [0, 0.05) is 35.6 Å². The molecule has 1 amide bonds. The number of imidazole rings is 1. The van der Waals surface area contributed by atoms with Crippen molar-refractivity contribution in [3.8, 4) is 11.5 Å². The Morgan fingerprint density at radius 1 is 0.972 bits per heavy atom. The number of nitrogens with zero attached hydrogens (tertiary/aromatic N) is 3. The number of hydrogen-bond acceptors (Lipinski definition) is 4. The van der Waals surface area contributed by atoms with Crippen molar-refractivity contribution < 1.29 is 14.3 Å². The summed E-state index contributed by atoms with van der Waals surface area (Å²) in [4.78, 5) is 19.8. The zero-order valence-electron chi connectivity index (χ0n) is 20.4. The molecule has 1 saturated heterocycles. The van der Waals surface area contributed by atoms with Gasteiger partial charge in [0.25, 0.3) is 0 Å². The molecule has 1 unspecified atom stereocenters. The third kappa shape index (κ3) is 5.26. The highest BCUT2D eigenvalue weighted by atomic mass is 79.9. The van der Waals surface area contributed by atoms with E-state index >= 15 is 0 Å². The largest absolute Gasteiger partial charge is 0.490 e. The summed E-state index contributed by atoms with van der Waals surface area (Å²) in [5.74, 6) is 2.75. The lowest BCUT2D eigenvalue weighted by molar-refractivity contribution is -0.117. The molecular weight excluding hydrogens is 518 g/mol. The Bertz CT molecular complexity index is 1350. The molecule has 0 radical (unpaired) electrons. The molecule has 0 N–H and O–H groups in total. The molecule has 3 aromatic carbocycles. The molecule has 36 heavy (non-hydrogen) atoms. The van der Waals surface area contributed by atoms with Gasteiger partial charge in [0.2, 0.25) is 5.91 Å². The molecular formula is C29H30BrN3O3. The SMILES string of the molecule is CCOc1ccccc1OCCCCn1c(C2CC(=O)N(c3cccc(Br)c3)C2)nc2ccccc21. The quantitative estimate of drug-likeness (QED) is 0.210. The van der Waals surface area contributed by atoms with Crippen LogP contribution in [-0.2, 0) is 11.3 Å². The molecule has 1 fully saturated rings. The van der Waals surface area contributed by atoms with Gasteiger partial charge in [0.1, 0.15) is 5.82 Å². The number of rotatable bonds is 10. The summed E-state index contributed by atoms with van der Waals surface area (Å²) in [7, 11) is 0. The number of benzene rings is 3. The molecule has 7 heteroatoms. The summed E-state index contributed by atoms with van der Waals surface area (Å²) < 4.78 is 14.9. The van der Waals surface area contributed by atoms with Crippen molar-refractivity contribution in [2.24, 2.45) is 0 Å². The highest BCUT2D eigenvalue weighted by Gasteiger charge is 2.34. The molecule has 2 heterocycles. The molecule has 0 aliphatic carbocycles. The second kappa shape index (κ2) is 11.2. The fourth-order valence-electron chi connectivity index (χ4n) is 4.81. The Labute approximate surface area is 220 Å². The lowest BCUT2D eigenvalue weighted by Crippen LogP contribution is -2.24. The monoisotopic (exact) mass is 547 g/mol. The van der Waals surface area contributed by atoms with Crippen LogP contribution in [0, 0.1) is 0 Å². The predicted octanol–water partition coefficient (Wildman–Crippen LogP) is 6.58. The van der Waals surface area contributed by atoms with Gasteiger partial charge in [0.05, 0.1) is 24.2 Å². The van der Waals surface area contributed by atoms with Crippen LogP contribution in [0.4, 0.5) is 5.69 Å². The van der Waals surface area contributed by atoms with Crippen molar-refractivity contribution in [3.05, 3.63) is 83.1 Å². The molecule has 1 aliphatic heterocycles. The highest BCUT2D eigenvalue weighted by Crippen LogP contribution is 2.34. The van der Waals surface area contributed by atoms with E-state index in [1.165, 1.54) is 0 Å². The fourth-order valence-corrected chi connectivity index (χ4v) is 5.20. The van der Waals surface area contributed by atoms with E-state index in [2.05, 4.69) is 26.6 Å². The van der Waals surface area contributed by atoms with Crippen LogP contribution in [0.15, 0.2) is 77.3 Å². The lowest BCUT2D eigenvalue weighted by atomic mass is 10.1. The van der Waals surface area contributed by atoms with Crippen LogP contribution in [-0.4, -0.2) is 35.2 Å². The van der Waals surface area contributed by atoms with Gasteiger partial charge >= 0.3 is 0 Å². The maximum atomic E-state index is 13.0. The van der Waals surface area contributed by atoms with Gasteiger partial charge in [-0.2, -0.15) is 0 Å². The van der Waals surface area contributed by atoms with Gasteiger partial charge < -0.3 is 18.9 Å². The minimum atomic E-state index is 0.0539. The summed E-state index contributed by atoms with van der Waals surface area (Å²) in [6, 6.07) is 23.9. The van der Waals surface area contributed by atoms with Gasteiger partial charge in [-0.3, -0.25) is 4.79 Å². The van der Waals surface area contributed by atoms with Crippen LogP contribution in [0.3, 0.4) is 0 Å². The summed E-state index contributed by atoms with van der Waals surface area (Å²) in [6.07, 6.45) is 2.31. The predicted molar refractivity (Wildman–Crippen MR) is 146 cm³/mol. The minimum Gasteiger partial charge on any atom is -0.490 e.